The molecular weight excluding hydrogens is 428 g/mol. The van der Waals surface area contributed by atoms with Crippen LogP contribution in [0.2, 0.25) is 0 Å². The number of halogens is 1. The van der Waals surface area contributed by atoms with Gasteiger partial charge in [-0.25, -0.2) is 4.98 Å². The van der Waals surface area contributed by atoms with E-state index in [1.165, 1.54) is 11.1 Å². The van der Waals surface area contributed by atoms with Crippen LogP contribution in [0.1, 0.15) is 42.0 Å². The Morgan fingerprint density at radius 2 is 2.10 bits per heavy atom. The lowest BCUT2D eigenvalue weighted by Crippen LogP contribution is -2.24. The van der Waals surface area contributed by atoms with Crippen molar-refractivity contribution in [2.75, 3.05) is 0 Å². The summed E-state index contributed by atoms with van der Waals surface area (Å²) in [6.07, 6.45) is 6.37. The Morgan fingerprint density at radius 1 is 1.21 bits per heavy atom. The molecule has 0 N–H and O–H groups in total. The van der Waals surface area contributed by atoms with Crippen molar-refractivity contribution in [3.63, 3.8) is 0 Å². The number of hydrogen-bond acceptors (Lipinski definition) is 3. The van der Waals surface area contributed by atoms with Crippen molar-refractivity contribution in [1.29, 1.82) is 0 Å². The minimum atomic E-state index is -0.00841. The Labute approximate surface area is 177 Å². The van der Waals surface area contributed by atoms with Crippen LogP contribution in [0.3, 0.4) is 0 Å². The second-order valence-electron chi connectivity index (χ2n) is 7.45. The lowest BCUT2D eigenvalue weighted by molar-refractivity contribution is 0.567. The Bertz CT molecular complexity index is 1260. The van der Waals surface area contributed by atoms with E-state index in [0.717, 1.165) is 40.8 Å². The van der Waals surface area contributed by atoms with E-state index in [0.29, 0.717) is 12.1 Å². The summed E-state index contributed by atoms with van der Waals surface area (Å²) in [6, 6.07) is 14.3. The number of fused-ring (bicyclic) bond motifs is 2. The zero-order chi connectivity index (χ0) is 20.0. The molecule has 0 unspecified atom stereocenters. The van der Waals surface area contributed by atoms with E-state index in [4.69, 9.17) is 4.98 Å². The highest BCUT2D eigenvalue weighted by Crippen LogP contribution is 2.38. The molecule has 0 fully saturated rings. The molecule has 0 spiro atoms. The van der Waals surface area contributed by atoms with Gasteiger partial charge in [0.15, 0.2) is 0 Å². The lowest BCUT2D eigenvalue weighted by atomic mass is 10.1. The average molecular weight is 449 g/mol. The molecule has 0 bridgehead atoms. The maximum Gasteiger partial charge on any atom is 0.277 e. The van der Waals surface area contributed by atoms with Gasteiger partial charge in [0.2, 0.25) is 0 Å². The normalized spacial score (nSPS) is 15.7. The third-order valence-corrected chi connectivity index (χ3v) is 6.22. The van der Waals surface area contributed by atoms with Crippen molar-refractivity contribution in [3.8, 4) is 0 Å². The van der Waals surface area contributed by atoms with E-state index >= 15 is 0 Å². The molecule has 0 aliphatic heterocycles. The Kier molecular flexibility index (Phi) is 4.59. The molecule has 4 aromatic rings. The molecule has 1 aliphatic carbocycles. The van der Waals surface area contributed by atoms with Crippen LogP contribution in [0, 0.1) is 0 Å². The van der Waals surface area contributed by atoms with Gasteiger partial charge in [-0.05, 0) is 54.3 Å². The summed E-state index contributed by atoms with van der Waals surface area (Å²) < 4.78 is 5.02. The van der Waals surface area contributed by atoms with Gasteiger partial charge in [0.1, 0.15) is 11.3 Å². The first-order valence-corrected chi connectivity index (χ1v) is 10.7. The third kappa shape index (κ3) is 3.12. The molecule has 29 heavy (non-hydrogen) atoms. The molecule has 146 valence electrons. The topological polar surface area (TPSA) is 52.7 Å². The lowest BCUT2D eigenvalue weighted by Gasteiger charge is -2.18. The van der Waals surface area contributed by atoms with Gasteiger partial charge in [-0.1, -0.05) is 35.0 Å². The predicted molar refractivity (Wildman–Crippen MR) is 117 cm³/mol. The zero-order valence-corrected chi connectivity index (χ0v) is 17.8. The number of hydrogen-bond donors (Lipinski definition) is 0. The first kappa shape index (κ1) is 18.3. The molecule has 1 aromatic carbocycles. The number of nitrogens with zero attached hydrogens (tertiary/aromatic N) is 4. The number of aromatic nitrogens is 4. The SMILES string of the molecule is CCc1nc2ccn(Cc3ccccn3)c(=O)c2n1[C@H]1CCc2cc(Br)ccc21. The van der Waals surface area contributed by atoms with Gasteiger partial charge < -0.3 is 9.13 Å². The van der Waals surface area contributed by atoms with Gasteiger partial charge in [-0.3, -0.25) is 9.78 Å². The number of aryl methyl sites for hydroxylation is 2. The minimum Gasteiger partial charge on any atom is -0.316 e. The standard InChI is InChI=1S/C23H21BrN4O/c1-2-21-26-19-10-12-27(14-17-5-3-4-11-25-17)23(29)22(19)28(21)20-9-6-15-13-16(24)7-8-18(15)20/h3-5,7-8,10-13,20H,2,6,9,14H2,1H3/t20-/m0/s1. The molecule has 3 heterocycles. The Morgan fingerprint density at radius 3 is 2.90 bits per heavy atom. The highest BCUT2D eigenvalue weighted by atomic mass is 79.9. The van der Waals surface area contributed by atoms with Gasteiger partial charge >= 0.3 is 0 Å². The summed E-state index contributed by atoms with van der Waals surface area (Å²) in [5, 5.41) is 0. The average Bonchev–Trinajstić information content (AvgIpc) is 3.31. The van der Waals surface area contributed by atoms with Crippen molar-refractivity contribution < 1.29 is 0 Å². The fourth-order valence-electron chi connectivity index (χ4n) is 4.40. The van der Waals surface area contributed by atoms with Gasteiger partial charge in [0.05, 0.1) is 23.8 Å². The summed E-state index contributed by atoms with van der Waals surface area (Å²) >= 11 is 3.58. The fourth-order valence-corrected chi connectivity index (χ4v) is 4.81. The summed E-state index contributed by atoms with van der Waals surface area (Å²) in [5.41, 5.74) is 4.97. The Balaban J connectivity index is 1.67. The first-order chi connectivity index (χ1) is 14.2. The number of benzene rings is 1. The maximum atomic E-state index is 13.5. The van der Waals surface area contributed by atoms with Crippen LogP contribution >= 0.6 is 15.9 Å². The molecule has 6 heteroatoms. The molecule has 0 radical (unpaired) electrons. The van der Waals surface area contributed by atoms with Crippen LogP contribution in [0.5, 0.6) is 0 Å². The third-order valence-electron chi connectivity index (χ3n) is 5.72. The number of imidazole rings is 1. The minimum absolute atomic E-state index is 0.00841. The van der Waals surface area contributed by atoms with Crippen LogP contribution < -0.4 is 5.56 Å². The van der Waals surface area contributed by atoms with E-state index in [1.54, 1.807) is 10.8 Å². The van der Waals surface area contributed by atoms with Crippen LogP contribution in [0.25, 0.3) is 11.0 Å². The second-order valence-corrected chi connectivity index (χ2v) is 8.37. The maximum absolute atomic E-state index is 13.5. The molecule has 0 saturated heterocycles. The van der Waals surface area contributed by atoms with Crippen molar-refractivity contribution >= 4 is 27.0 Å². The Hall–Kier alpha value is -2.73. The summed E-state index contributed by atoms with van der Waals surface area (Å²) in [6.45, 7) is 2.55. The monoisotopic (exact) mass is 448 g/mol. The summed E-state index contributed by atoms with van der Waals surface area (Å²) in [7, 11) is 0. The predicted octanol–water partition coefficient (Wildman–Crippen LogP) is 4.50. The molecule has 5 rings (SSSR count). The van der Waals surface area contributed by atoms with Crippen LogP contribution in [0.15, 0.2) is 64.1 Å². The molecule has 0 saturated carbocycles. The van der Waals surface area contributed by atoms with Gasteiger partial charge in [0, 0.05) is 23.3 Å². The van der Waals surface area contributed by atoms with Crippen LogP contribution in [-0.2, 0) is 19.4 Å². The highest BCUT2D eigenvalue weighted by molar-refractivity contribution is 9.10. The zero-order valence-electron chi connectivity index (χ0n) is 16.2. The largest absolute Gasteiger partial charge is 0.316 e. The molecule has 1 atom stereocenters. The van der Waals surface area contributed by atoms with E-state index < -0.39 is 0 Å². The van der Waals surface area contributed by atoms with Crippen molar-refractivity contribution in [2.24, 2.45) is 0 Å². The smallest absolute Gasteiger partial charge is 0.277 e. The molecular formula is C23H21BrN4O. The molecule has 5 nitrogen and oxygen atoms in total. The van der Waals surface area contributed by atoms with Crippen molar-refractivity contribution in [2.45, 2.75) is 38.8 Å². The van der Waals surface area contributed by atoms with Gasteiger partial charge in [-0.2, -0.15) is 0 Å². The summed E-state index contributed by atoms with van der Waals surface area (Å²) in [5.74, 6) is 0.966. The van der Waals surface area contributed by atoms with Crippen molar-refractivity contribution in [3.05, 3.63) is 92.3 Å². The van der Waals surface area contributed by atoms with Crippen LogP contribution in [0.4, 0.5) is 0 Å². The van der Waals surface area contributed by atoms with E-state index in [9.17, 15) is 4.79 Å². The summed E-state index contributed by atoms with van der Waals surface area (Å²) in [4.78, 5) is 22.6. The quantitative estimate of drug-likeness (QED) is 0.461. The number of pyridine rings is 2. The molecule has 0 amide bonds. The van der Waals surface area contributed by atoms with Crippen molar-refractivity contribution in [1.82, 2.24) is 19.1 Å². The fraction of sp³-hybridized carbons (Fsp3) is 0.261. The van der Waals surface area contributed by atoms with Gasteiger partial charge in [-0.15, -0.1) is 0 Å². The number of rotatable bonds is 4. The van der Waals surface area contributed by atoms with Gasteiger partial charge in [0.25, 0.3) is 5.56 Å². The van der Waals surface area contributed by atoms with E-state index in [2.05, 4.69) is 50.6 Å². The van der Waals surface area contributed by atoms with Crippen LogP contribution in [-0.4, -0.2) is 19.1 Å². The highest BCUT2D eigenvalue weighted by Gasteiger charge is 2.28. The molecule has 3 aromatic heterocycles. The first-order valence-electron chi connectivity index (χ1n) is 9.94. The van der Waals surface area contributed by atoms with E-state index in [-0.39, 0.29) is 11.6 Å². The molecule has 1 aliphatic rings. The second kappa shape index (κ2) is 7.26. The van der Waals surface area contributed by atoms with E-state index in [1.807, 2.05) is 30.5 Å².